The molecule has 0 radical (unpaired) electrons. The van der Waals surface area contributed by atoms with Crippen molar-refractivity contribution in [3.05, 3.63) is 40.3 Å². The van der Waals surface area contributed by atoms with Crippen LogP contribution in [0.5, 0.6) is 0 Å². The predicted molar refractivity (Wildman–Crippen MR) is 66.7 cm³/mol. The van der Waals surface area contributed by atoms with Crippen molar-refractivity contribution in [2.45, 2.75) is 29.7 Å². The molecule has 0 heterocycles. The lowest BCUT2D eigenvalue weighted by Crippen LogP contribution is -2.35. The molecule has 0 fully saturated rings. The highest BCUT2D eigenvalue weighted by atomic mass is 32.2. The van der Waals surface area contributed by atoms with E-state index in [0.29, 0.717) is 6.07 Å². The molecule has 0 bridgehead atoms. The minimum absolute atomic E-state index is 0.373. The Kier molecular flexibility index (Phi) is 4.36. The van der Waals surface area contributed by atoms with Crippen molar-refractivity contribution in [1.82, 2.24) is 0 Å². The standard InChI is InChI=1S/C11H12F3N3O2S/c1-10(2,7-16-17-15)20(18,19)9-5-3-4-8(6-9)11(12,13)14/h3-6H,7H2,1-2H3. The molecule has 1 rings (SSSR count). The Bertz CT molecular complexity index is 647. The SMILES string of the molecule is CC(C)(CN=[N+]=[N-])S(=O)(=O)c1cccc(C(F)(F)F)c1. The summed E-state index contributed by atoms with van der Waals surface area (Å²) >= 11 is 0. The summed E-state index contributed by atoms with van der Waals surface area (Å²) in [4.78, 5) is 2.01. The Morgan fingerprint density at radius 2 is 1.90 bits per heavy atom. The Morgan fingerprint density at radius 3 is 2.40 bits per heavy atom. The van der Waals surface area contributed by atoms with Crippen molar-refractivity contribution in [2.24, 2.45) is 5.11 Å². The van der Waals surface area contributed by atoms with E-state index in [-0.39, 0.29) is 6.54 Å². The summed E-state index contributed by atoms with van der Waals surface area (Å²) in [5.41, 5.74) is 7.19. The van der Waals surface area contributed by atoms with Gasteiger partial charge >= 0.3 is 6.18 Å². The first-order valence-corrected chi connectivity index (χ1v) is 6.93. The van der Waals surface area contributed by atoms with Gasteiger partial charge in [-0.3, -0.25) is 0 Å². The molecule has 0 atom stereocenters. The summed E-state index contributed by atoms with van der Waals surface area (Å²) in [6.07, 6.45) is -4.62. The highest BCUT2D eigenvalue weighted by Crippen LogP contribution is 2.33. The summed E-state index contributed by atoms with van der Waals surface area (Å²) in [5, 5.41) is 3.19. The van der Waals surface area contributed by atoms with Crippen molar-refractivity contribution in [3.63, 3.8) is 0 Å². The van der Waals surface area contributed by atoms with E-state index in [0.717, 1.165) is 18.2 Å². The molecule has 9 heteroatoms. The third-order valence-corrected chi connectivity index (χ3v) is 5.17. The first kappa shape index (κ1) is 16.3. The fraction of sp³-hybridized carbons (Fsp3) is 0.455. The first-order chi connectivity index (χ1) is 9.02. The van der Waals surface area contributed by atoms with Crippen LogP contribution in [0.3, 0.4) is 0 Å². The first-order valence-electron chi connectivity index (χ1n) is 5.45. The zero-order valence-electron chi connectivity index (χ0n) is 10.7. The van der Waals surface area contributed by atoms with Gasteiger partial charge in [0.25, 0.3) is 0 Å². The Labute approximate surface area is 114 Å². The number of hydrogen-bond acceptors (Lipinski definition) is 3. The molecule has 0 aliphatic rings. The third kappa shape index (κ3) is 3.23. The van der Waals surface area contributed by atoms with Crippen LogP contribution >= 0.6 is 0 Å². The monoisotopic (exact) mass is 307 g/mol. The quantitative estimate of drug-likeness (QED) is 0.484. The molecule has 0 saturated heterocycles. The number of hydrogen-bond donors (Lipinski definition) is 0. The highest BCUT2D eigenvalue weighted by molar-refractivity contribution is 7.92. The van der Waals surface area contributed by atoms with E-state index in [1.165, 1.54) is 13.8 Å². The van der Waals surface area contributed by atoms with Gasteiger partial charge < -0.3 is 0 Å². The van der Waals surface area contributed by atoms with Crippen LogP contribution in [-0.2, 0) is 16.0 Å². The van der Waals surface area contributed by atoms with Crippen LogP contribution in [0.4, 0.5) is 13.2 Å². The molecule has 0 aliphatic heterocycles. The molecule has 0 spiro atoms. The molecule has 20 heavy (non-hydrogen) atoms. The molecule has 1 aromatic rings. The molecule has 0 saturated carbocycles. The van der Waals surface area contributed by atoms with Gasteiger partial charge in [0.15, 0.2) is 9.84 Å². The van der Waals surface area contributed by atoms with Gasteiger partial charge in [-0.25, -0.2) is 8.42 Å². The minimum atomic E-state index is -4.62. The number of benzene rings is 1. The number of nitrogens with zero attached hydrogens (tertiary/aromatic N) is 3. The summed E-state index contributed by atoms with van der Waals surface area (Å²) in [6.45, 7) is 2.20. The molecule has 0 amide bonds. The van der Waals surface area contributed by atoms with Gasteiger partial charge in [-0.1, -0.05) is 11.2 Å². The summed E-state index contributed by atoms with van der Waals surface area (Å²) in [7, 11) is -4.06. The molecule has 0 N–H and O–H groups in total. The van der Waals surface area contributed by atoms with Crippen LogP contribution in [0.25, 0.3) is 10.4 Å². The highest BCUT2D eigenvalue weighted by Gasteiger charge is 2.37. The van der Waals surface area contributed by atoms with Crippen molar-refractivity contribution in [2.75, 3.05) is 6.54 Å². The normalized spacial score (nSPS) is 12.8. The zero-order chi connectivity index (χ0) is 15.6. The van der Waals surface area contributed by atoms with E-state index in [1.807, 2.05) is 0 Å². The van der Waals surface area contributed by atoms with Crippen LogP contribution in [0.2, 0.25) is 0 Å². The van der Waals surface area contributed by atoms with E-state index >= 15 is 0 Å². The Morgan fingerprint density at radius 1 is 1.30 bits per heavy atom. The third-order valence-electron chi connectivity index (χ3n) is 2.71. The van der Waals surface area contributed by atoms with E-state index in [9.17, 15) is 21.6 Å². The van der Waals surface area contributed by atoms with Crippen LogP contribution in [0.1, 0.15) is 19.4 Å². The van der Waals surface area contributed by atoms with Crippen molar-refractivity contribution in [3.8, 4) is 0 Å². The average molecular weight is 307 g/mol. The van der Waals surface area contributed by atoms with Crippen molar-refractivity contribution < 1.29 is 21.6 Å². The smallest absolute Gasteiger partial charge is 0.223 e. The molecular weight excluding hydrogens is 295 g/mol. The minimum Gasteiger partial charge on any atom is -0.223 e. The number of halogens is 3. The van der Waals surface area contributed by atoms with Crippen molar-refractivity contribution >= 4 is 9.84 Å². The number of azide groups is 1. The summed E-state index contributed by atoms with van der Waals surface area (Å²) < 4.78 is 60.9. The molecular formula is C11H12F3N3O2S. The van der Waals surface area contributed by atoms with Crippen LogP contribution < -0.4 is 0 Å². The second-order valence-corrected chi connectivity index (χ2v) is 7.26. The molecule has 0 aliphatic carbocycles. The van der Waals surface area contributed by atoms with Crippen LogP contribution in [0, 0.1) is 0 Å². The summed E-state index contributed by atoms with van der Waals surface area (Å²) in [6, 6.07) is 3.48. The van der Waals surface area contributed by atoms with Gasteiger partial charge in [-0.2, -0.15) is 13.2 Å². The fourth-order valence-corrected chi connectivity index (χ4v) is 2.85. The lowest BCUT2D eigenvalue weighted by atomic mass is 10.2. The second-order valence-electron chi connectivity index (χ2n) is 4.68. The largest absolute Gasteiger partial charge is 0.416 e. The van der Waals surface area contributed by atoms with E-state index in [2.05, 4.69) is 10.0 Å². The van der Waals surface area contributed by atoms with Gasteiger partial charge in [0.2, 0.25) is 0 Å². The van der Waals surface area contributed by atoms with Gasteiger partial charge in [0.05, 0.1) is 15.2 Å². The van der Waals surface area contributed by atoms with Gasteiger partial charge in [-0.05, 0) is 37.6 Å². The van der Waals surface area contributed by atoms with Gasteiger partial charge in [0.1, 0.15) is 0 Å². The molecule has 0 unspecified atom stereocenters. The second kappa shape index (κ2) is 5.34. The molecule has 1 aromatic carbocycles. The van der Waals surface area contributed by atoms with Crippen molar-refractivity contribution in [1.29, 1.82) is 0 Å². The Balaban J connectivity index is 3.33. The zero-order valence-corrected chi connectivity index (χ0v) is 11.5. The molecule has 0 aromatic heterocycles. The Hall–Kier alpha value is -1.73. The average Bonchev–Trinajstić information content (AvgIpc) is 2.35. The maximum Gasteiger partial charge on any atom is 0.416 e. The molecule has 5 nitrogen and oxygen atoms in total. The topological polar surface area (TPSA) is 82.9 Å². The summed E-state index contributed by atoms with van der Waals surface area (Å²) in [5.74, 6) is 0. The van der Waals surface area contributed by atoms with Crippen LogP contribution in [0.15, 0.2) is 34.3 Å². The lowest BCUT2D eigenvalue weighted by Gasteiger charge is -2.23. The number of sulfone groups is 1. The maximum absolute atomic E-state index is 12.6. The predicted octanol–water partition coefficient (Wildman–Crippen LogP) is 3.57. The maximum atomic E-state index is 12.6. The van der Waals surface area contributed by atoms with Gasteiger partial charge in [0, 0.05) is 11.5 Å². The van der Waals surface area contributed by atoms with E-state index in [4.69, 9.17) is 5.53 Å². The fourth-order valence-electron chi connectivity index (χ4n) is 1.45. The van der Waals surface area contributed by atoms with Gasteiger partial charge in [-0.15, -0.1) is 0 Å². The van der Waals surface area contributed by atoms with E-state index < -0.39 is 31.2 Å². The van der Waals surface area contributed by atoms with Crippen LogP contribution in [-0.4, -0.2) is 19.7 Å². The number of alkyl halides is 3. The lowest BCUT2D eigenvalue weighted by molar-refractivity contribution is -0.137. The number of rotatable bonds is 4. The van der Waals surface area contributed by atoms with E-state index in [1.54, 1.807) is 0 Å². The molecule has 110 valence electrons.